The highest BCUT2D eigenvalue weighted by molar-refractivity contribution is 5.40. The number of aromatic nitrogens is 2. The van der Waals surface area contributed by atoms with Gasteiger partial charge in [-0.15, -0.1) is 0 Å². The number of aryl methyl sites for hydroxylation is 1. The summed E-state index contributed by atoms with van der Waals surface area (Å²) >= 11 is 0. The lowest BCUT2D eigenvalue weighted by atomic mass is 9.67. The maximum Gasteiger partial charge on any atom is 0.222 e. The van der Waals surface area contributed by atoms with Crippen LogP contribution in [-0.4, -0.2) is 16.5 Å². The molecule has 1 heterocycles. The molecule has 1 aromatic heterocycles. The van der Waals surface area contributed by atoms with Crippen LogP contribution in [0, 0.1) is 12.3 Å². The van der Waals surface area contributed by atoms with E-state index in [9.17, 15) is 0 Å². The van der Waals surface area contributed by atoms with E-state index >= 15 is 0 Å². The zero-order valence-corrected chi connectivity index (χ0v) is 10.1. The van der Waals surface area contributed by atoms with Crippen LogP contribution in [0.2, 0.25) is 0 Å². The number of rotatable bonds is 4. The SMILES string of the molecule is CCC1(CNc2cc(C)nc(N)n2)CCC1. The molecule has 0 saturated heterocycles. The Morgan fingerprint density at radius 2 is 2.19 bits per heavy atom. The lowest BCUT2D eigenvalue weighted by Gasteiger charge is -2.41. The first-order valence-electron chi connectivity index (χ1n) is 5.99. The molecule has 88 valence electrons. The molecule has 16 heavy (non-hydrogen) atoms. The number of nitrogens with one attached hydrogen (secondary N) is 1. The molecule has 0 aromatic carbocycles. The van der Waals surface area contributed by atoms with Crippen molar-refractivity contribution in [1.82, 2.24) is 9.97 Å². The van der Waals surface area contributed by atoms with Crippen LogP contribution in [0.5, 0.6) is 0 Å². The van der Waals surface area contributed by atoms with E-state index < -0.39 is 0 Å². The normalized spacial score (nSPS) is 17.9. The molecule has 4 nitrogen and oxygen atoms in total. The van der Waals surface area contributed by atoms with Gasteiger partial charge in [-0.25, -0.2) is 4.98 Å². The second-order valence-electron chi connectivity index (χ2n) is 4.81. The van der Waals surface area contributed by atoms with Crippen LogP contribution in [0.15, 0.2) is 6.07 Å². The molecule has 1 aliphatic carbocycles. The number of hydrogen-bond donors (Lipinski definition) is 2. The third-order valence-electron chi connectivity index (χ3n) is 3.68. The summed E-state index contributed by atoms with van der Waals surface area (Å²) in [6.07, 6.45) is 5.26. The number of nitrogens with zero attached hydrogens (tertiary/aromatic N) is 2. The first-order valence-corrected chi connectivity index (χ1v) is 5.99. The van der Waals surface area contributed by atoms with Crippen LogP contribution in [0.4, 0.5) is 11.8 Å². The molecule has 0 amide bonds. The van der Waals surface area contributed by atoms with E-state index in [4.69, 9.17) is 5.73 Å². The molecule has 3 N–H and O–H groups in total. The minimum absolute atomic E-state index is 0.349. The van der Waals surface area contributed by atoms with Crippen molar-refractivity contribution >= 4 is 11.8 Å². The van der Waals surface area contributed by atoms with Crippen LogP contribution < -0.4 is 11.1 Å². The highest BCUT2D eigenvalue weighted by atomic mass is 15.1. The zero-order valence-electron chi connectivity index (χ0n) is 10.1. The van der Waals surface area contributed by atoms with Crippen molar-refractivity contribution in [3.05, 3.63) is 11.8 Å². The summed E-state index contributed by atoms with van der Waals surface area (Å²) in [4.78, 5) is 8.24. The standard InChI is InChI=1S/C12H20N4/c1-3-12(5-4-6-12)8-14-10-7-9(2)15-11(13)16-10/h7H,3-6,8H2,1-2H3,(H3,13,14,15,16). The molecule has 0 atom stereocenters. The lowest BCUT2D eigenvalue weighted by molar-refractivity contribution is 0.145. The van der Waals surface area contributed by atoms with Gasteiger partial charge in [0.25, 0.3) is 0 Å². The topological polar surface area (TPSA) is 63.8 Å². The van der Waals surface area contributed by atoms with Crippen LogP contribution in [0.3, 0.4) is 0 Å². The predicted octanol–water partition coefficient (Wildman–Crippen LogP) is 2.36. The third-order valence-corrected chi connectivity index (χ3v) is 3.68. The maximum atomic E-state index is 5.62. The van der Waals surface area contributed by atoms with Crippen LogP contribution in [-0.2, 0) is 0 Å². The fraction of sp³-hybridized carbons (Fsp3) is 0.667. The molecular formula is C12H20N4. The summed E-state index contributed by atoms with van der Waals surface area (Å²) in [5, 5.41) is 3.39. The zero-order chi connectivity index (χ0) is 11.6. The predicted molar refractivity (Wildman–Crippen MR) is 66.2 cm³/mol. The molecule has 1 fully saturated rings. The van der Waals surface area contributed by atoms with Gasteiger partial charge in [0.15, 0.2) is 0 Å². The van der Waals surface area contributed by atoms with E-state index in [1.54, 1.807) is 0 Å². The first-order chi connectivity index (χ1) is 7.63. The van der Waals surface area contributed by atoms with Crippen molar-refractivity contribution in [2.75, 3.05) is 17.6 Å². The Morgan fingerprint density at radius 1 is 1.44 bits per heavy atom. The number of nitrogens with two attached hydrogens (primary N) is 1. The molecule has 1 aromatic rings. The van der Waals surface area contributed by atoms with Crippen molar-refractivity contribution in [1.29, 1.82) is 0 Å². The van der Waals surface area contributed by atoms with Crippen LogP contribution in [0.1, 0.15) is 38.3 Å². The van der Waals surface area contributed by atoms with Gasteiger partial charge in [0.1, 0.15) is 5.82 Å². The molecule has 0 bridgehead atoms. The average Bonchev–Trinajstić information content (AvgIpc) is 2.15. The van der Waals surface area contributed by atoms with Crippen molar-refractivity contribution in [3.8, 4) is 0 Å². The van der Waals surface area contributed by atoms with E-state index in [1.807, 2.05) is 13.0 Å². The van der Waals surface area contributed by atoms with E-state index in [2.05, 4.69) is 22.2 Å². The van der Waals surface area contributed by atoms with Gasteiger partial charge in [-0.1, -0.05) is 13.3 Å². The first kappa shape index (κ1) is 11.2. The molecule has 2 rings (SSSR count). The van der Waals surface area contributed by atoms with Crippen molar-refractivity contribution in [2.24, 2.45) is 5.41 Å². The third kappa shape index (κ3) is 2.26. The quantitative estimate of drug-likeness (QED) is 0.817. The summed E-state index contributed by atoms with van der Waals surface area (Å²) in [7, 11) is 0. The molecule has 0 aliphatic heterocycles. The Morgan fingerprint density at radius 3 is 2.69 bits per heavy atom. The molecule has 4 heteroatoms. The Balaban J connectivity index is 1.98. The van der Waals surface area contributed by atoms with E-state index in [0.717, 1.165) is 18.1 Å². The summed E-state index contributed by atoms with van der Waals surface area (Å²) < 4.78 is 0. The summed E-state index contributed by atoms with van der Waals surface area (Å²) in [5.74, 6) is 1.20. The summed E-state index contributed by atoms with van der Waals surface area (Å²) in [5.41, 5.74) is 7.02. The minimum atomic E-state index is 0.349. The van der Waals surface area contributed by atoms with Gasteiger partial charge < -0.3 is 11.1 Å². The number of anilines is 2. The Kier molecular flexibility index (Phi) is 2.99. The van der Waals surface area contributed by atoms with Gasteiger partial charge in [0.2, 0.25) is 5.95 Å². The Labute approximate surface area is 96.7 Å². The molecule has 1 aliphatic rings. The van der Waals surface area contributed by atoms with Gasteiger partial charge in [-0.05, 0) is 31.6 Å². The average molecular weight is 220 g/mol. The number of hydrogen-bond acceptors (Lipinski definition) is 4. The second-order valence-corrected chi connectivity index (χ2v) is 4.81. The van der Waals surface area contributed by atoms with Crippen molar-refractivity contribution < 1.29 is 0 Å². The molecule has 0 unspecified atom stereocenters. The minimum Gasteiger partial charge on any atom is -0.369 e. The van der Waals surface area contributed by atoms with Gasteiger partial charge in [-0.3, -0.25) is 0 Å². The maximum absolute atomic E-state index is 5.62. The monoisotopic (exact) mass is 220 g/mol. The van der Waals surface area contributed by atoms with Crippen LogP contribution >= 0.6 is 0 Å². The summed E-state index contributed by atoms with van der Waals surface area (Å²) in [6, 6.07) is 1.94. The van der Waals surface area contributed by atoms with E-state index in [-0.39, 0.29) is 0 Å². The fourth-order valence-electron chi connectivity index (χ4n) is 2.29. The van der Waals surface area contributed by atoms with Crippen LogP contribution in [0.25, 0.3) is 0 Å². The van der Waals surface area contributed by atoms with Gasteiger partial charge in [0.05, 0.1) is 0 Å². The highest BCUT2D eigenvalue weighted by Crippen LogP contribution is 2.43. The van der Waals surface area contributed by atoms with Gasteiger partial charge in [0, 0.05) is 18.3 Å². The molecule has 0 spiro atoms. The Bertz CT molecular complexity index is 346. The molecule has 1 saturated carbocycles. The highest BCUT2D eigenvalue weighted by Gasteiger charge is 2.34. The van der Waals surface area contributed by atoms with Gasteiger partial charge in [-0.2, -0.15) is 4.98 Å². The molecule has 0 radical (unpaired) electrons. The molecular weight excluding hydrogens is 200 g/mol. The Hall–Kier alpha value is -1.32. The summed E-state index contributed by atoms with van der Waals surface area (Å²) in [6.45, 7) is 5.20. The van der Waals surface area contributed by atoms with Crippen molar-refractivity contribution in [2.45, 2.75) is 39.5 Å². The lowest BCUT2D eigenvalue weighted by Crippen LogP contribution is -2.36. The second kappa shape index (κ2) is 4.28. The number of nitrogen functional groups attached to an aromatic ring is 1. The van der Waals surface area contributed by atoms with E-state index in [1.165, 1.54) is 25.7 Å². The van der Waals surface area contributed by atoms with E-state index in [0.29, 0.717) is 11.4 Å². The van der Waals surface area contributed by atoms with Gasteiger partial charge >= 0.3 is 0 Å². The smallest absolute Gasteiger partial charge is 0.222 e. The fourth-order valence-corrected chi connectivity index (χ4v) is 2.29. The largest absolute Gasteiger partial charge is 0.369 e. The van der Waals surface area contributed by atoms with Crippen molar-refractivity contribution in [3.63, 3.8) is 0 Å².